The number of rotatable bonds is 4. The third kappa shape index (κ3) is 8.46. The summed E-state index contributed by atoms with van der Waals surface area (Å²) in [5, 5.41) is 16.5. The molecule has 6 nitrogen and oxygen atoms in total. The maximum atomic E-state index is 9.87. The third-order valence-electron chi connectivity index (χ3n) is 0.665. The van der Waals surface area contributed by atoms with Crippen LogP contribution in [0.4, 0.5) is 0 Å². The summed E-state index contributed by atoms with van der Waals surface area (Å²) in [6.07, 6.45) is -1.28. The fraction of sp³-hybridized carbons (Fsp3) is 1.00. The molecule has 11 heavy (non-hydrogen) atoms. The zero-order chi connectivity index (χ0) is 8.20. The van der Waals surface area contributed by atoms with Crippen molar-refractivity contribution >= 4 is 33.5 Å². The Labute approximate surface area is 83.2 Å². The average molecular weight is 198 g/mol. The largest absolute Gasteiger partial charge is 2.00 e. The van der Waals surface area contributed by atoms with Crippen LogP contribution in [-0.2, 0) is 14.6 Å². The van der Waals surface area contributed by atoms with E-state index in [1.807, 2.05) is 0 Å². The fourth-order valence-corrected chi connectivity index (χ4v) is 0.756. The molecule has 0 aliphatic heterocycles. The Morgan fingerprint density at radius 1 is 1.36 bits per heavy atom. The van der Waals surface area contributed by atoms with Crippen LogP contribution >= 0.6 is 0 Å². The first kappa shape index (κ1) is 14.1. The smallest absolute Gasteiger partial charge is 1.00 e. The van der Waals surface area contributed by atoms with Gasteiger partial charge in [-0.3, -0.25) is 4.55 Å². The molecule has 0 aromatic rings. The Balaban J connectivity index is -0.000000135. The zero-order valence-electron chi connectivity index (χ0n) is 7.67. The number of aliphatic hydroxyl groups excluding tert-OH is 2. The number of hydrogen-bond acceptors (Lipinski definition) is 5. The zero-order valence-corrected chi connectivity index (χ0v) is 7.90. The van der Waals surface area contributed by atoms with E-state index in [1.54, 1.807) is 0 Å². The van der Waals surface area contributed by atoms with Gasteiger partial charge in [-0.2, -0.15) is 8.42 Å². The summed E-state index contributed by atoms with van der Waals surface area (Å²) in [5.74, 6) is 0. The topological polar surface area (TPSA) is 104 Å². The van der Waals surface area contributed by atoms with Crippen molar-refractivity contribution in [2.45, 2.75) is 6.10 Å². The normalized spacial score (nSPS) is 11.3. The Kier molecular flexibility index (Phi) is 7.84. The van der Waals surface area contributed by atoms with Gasteiger partial charge in [-0.05, 0) is 0 Å². The quantitative estimate of drug-likeness (QED) is 0.357. The minimum absolute atomic E-state index is 0. The molecule has 0 heterocycles. The molecule has 0 unspecified atom stereocenters. The van der Waals surface area contributed by atoms with E-state index in [0.717, 1.165) is 0 Å². The summed E-state index contributed by atoms with van der Waals surface area (Å²) in [5.41, 5.74) is 0. The molecule has 0 rings (SSSR count). The molecule has 0 aromatic carbocycles. The number of aliphatic hydroxyl groups is 2. The second-order valence-corrected chi connectivity index (χ2v) is 2.56. The molecule has 0 aliphatic carbocycles. The average Bonchev–Trinajstić information content (AvgIpc) is 1.81. The molecule has 3 N–H and O–H groups in total. The third-order valence-corrected chi connectivity index (χ3v) is 1.18. The van der Waals surface area contributed by atoms with Crippen LogP contribution in [0.15, 0.2) is 0 Å². The van der Waals surface area contributed by atoms with Crippen LogP contribution in [0, 0.1) is 0 Å². The molecular weight excluding hydrogens is 188 g/mol. The SMILES string of the molecule is O=S(=O)(O)OC(CO)CO.[H-].[H-].[Mg+2]. The molecule has 0 fully saturated rings. The van der Waals surface area contributed by atoms with E-state index in [9.17, 15) is 8.42 Å². The van der Waals surface area contributed by atoms with E-state index >= 15 is 0 Å². The molecule has 0 saturated heterocycles. The van der Waals surface area contributed by atoms with Gasteiger partial charge < -0.3 is 13.1 Å². The first-order valence-corrected chi connectivity index (χ1v) is 3.73. The van der Waals surface area contributed by atoms with Crippen LogP contribution in [0.1, 0.15) is 2.85 Å². The van der Waals surface area contributed by atoms with Crippen molar-refractivity contribution in [2.75, 3.05) is 13.2 Å². The van der Waals surface area contributed by atoms with Gasteiger partial charge in [-0.1, -0.05) is 0 Å². The first-order valence-electron chi connectivity index (χ1n) is 2.37. The second kappa shape index (κ2) is 6.11. The molecule has 0 saturated carbocycles. The summed E-state index contributed by atoms with van der Waals surface area (Å²) < 4.78 is 31.5. The summed E-state index contributed by atoms with van der Waals surface area (Å²) in [6.45, 7) is -1.34. The molecule has 0 atom stereocenters. The van der Waals surface area contributed by atoms with Gasteiger partial charge in [-0.25, -0.2) is 4.18 Å². The van der Waals surface area contributed by atoms with Crippen molar-refractivity contribution in [1.82, 2.24) is 0 Å². The van der Waals surface area contributed by atoms with Crippen LogP contribution in [0.25, 0.3) is 0 Å². The summed E-state index contributed by atoms with van der Waals surface area (Å²) >= 11 is 0. The van der Waals surface area contributed by atoms with Crippen molar-refractivity contribution in [3.05, 3.63) is 0 Å². The van der Waals surface area contributed by atoms with E-state index < -0.39 is 29.7 Å². The van der Waals surface area contributed by atoms with Crippen molar-refractivity contribution in [1.29, 1.82) is 0 Å². The van der Waals surface area contributed by atoms with Crippen LogP contribution in [-0.4, -0.2) is 65.6 Å². The van der Waals surface area contributed by atoms with Crippen LogP contribution in [0.3, 0.4) is 0 Å². The van der Waals surface area contributed by atoms with E-state index in [-0.39, 0.29) is 25.9 Å². The van der Waals surface area contributed by atoms with Gasteiger partial charge in [0.2, 0.25) is 0 Å². The Morgan fingerprint density at radius 3 is 1.82 bits per heavy atom. The molecule has 0 radical (unpaired) electrons. The van der Waals surface area contributed by atoms with Crippen LogP contribution < -0.4 is 0 Å². The van der Waals surface area contributed by atoms with Gasteiger partial charge in [0.05, 0.1) is 13.2 Å². The molecule has 66 valence electrons. The van der Waals surface area contributed by atoms with E-state index in [4.69, 9.17) is 14.8 Å². The summed E-state index contributed by atoms with van der Waals surface area (Å²) in [7, 11) is -4.57. The van der Waals surface area contributed by atoms with Crippen molar-refractivity contribution < 1.29 is 30.2 Å². The van der Waals surface area contributed by atoms with Gasteiger partial charge in [0.25, 0.3) is 0 Å². The monoisotopic (exact) mass is 198 g/mol. The first-order chi connectivity index (χ1) is 4.49. The van der Waals surface area contributed by atoms with Crippen molar-refractivity contribution in [2.24, 2.45) is 0 Å². The Morgan fingerprint density at radius 2 is 1.73 bits per heavy atom. The number of hydrogen-bond donors (Lipinski definition) is 3. The van der Waals surface area contributed by atoms with Gasteiger partial charge in [0.1, 0.15) is 6.10 Å². The molecular formula is C3H10MgO6S. The predicted octanol–water partition coefficient (Wildman–Crippen LogP) is -2.00. The van der Waals surface area contributed by atoms with E-state index in [0.29, 0.717) is 0 Å². The van der Waals surface area contributed by atoms with Crippen LogP contribution in [0.2, 0.25) is 0 Å². The maximum Gasteiger partial charge on any atom is 2.00 e. The van der Waals surface area contributed by atoms with Gasteiger partial charge in [0, 0.05) is 0 Å². The molecule has 0 aliphatic rings. The van der Waals surface area contributed by atoms with Crippen molar-refractivity contribution in [3.8, 4) is 0 Å². The molecule has 8 heteroatoms. The van der Waals surface area contributed by atoms with Gasteiger partial charge in [-0.15, -0.1) is 0 Å². The van der Waals surface area contributed by atoms with E-state index in [2.05, 4.69) is 4.18 Å². The Hall–Kier alpha value is 0.556. The molecule has 0 amide bonds. The van der Waals surface area contributed by atoms with E-state index in [1.165, 1.54) is 0 Å². The maximum absolute atomic E-state index is 9.87. The minimum atomic E-state index is -4.57. The fourth-order valence-electron chi connectivity index (χ4n) is 0.291. The predicted molar refractivity (Wildman–Crippen MR) is 38.6 cm³/mol. The molecule has 0 aromatic heterocycles. The molecule has 0 bridgehead atoms. The standard InChI is InChI=1S/C3H8O6S.Mg.2H/c4-1-3(2-5)9-10(6,7)8;;;/h3-5H,1-2H2,(H,6,7,8);;;/q;+2;2*-1. The Bertz CT molecular complexity index is 180. The van der Waals surface area contributed by atoms with Crippen molar-refractivity contribution in [3.63, 3.8) is 0 Å². The van der Waals surface area contributed by atoms with Gasteiger partial charge >= 0.3 is 33.5 Å². The summed E-state index contributed by atoms with van der Waals surface area (Å²) in [4.78, 5) is 0. The second-order valence-electron chi connectivity index (χ2n) is 1.51. The summed E-state index contributed by atoms with van der Waals surface area (Å²) in [6, 6.07) is 0. The van der Waals surface area contributed by atoms with Gasteiger partial charge in [0.15, 0.2) is 0 Å². The van der Waals surface area contributed by atoms with Crippen LogP contribution in [0.5, 0.6) is 0 Å². The minimum Gasteiger partial charge on any atom is -1.00 e. The molecule has 0 spiro atoms.